The highest BCUT2D eigenvalue weighted by molar-refractivity contribution is 4.86. The average Bonchev–Trinajstić information content (AvgIpc) is 2.37. The monoisotopic (exact) mass is 262 g/mol. The van der Waals surface area contributed by atoms with Crippen LogP contribution >= 0.6 is 0 Å². The molecular weight excluding hydrogens is 236 g/mol. The number of rotatable bonds is 1. The Bertz CT molecular complexity index is 217. The highest BCUT2D eigenvalue weighted by atomic mass is 16.3. The molecule has 0 saturated heterocycles. The van der Waals surface area contributed by atoms with E-state index >= 15 is 0 Å². The SMILES string of the molecule is OC1CCCCC1.OCC1C(O)CCC(O)C1O. The smallest absolute Gasteiger partial charge is 0.0873 e. The minimum absolute atomic E-state index is 0.0359. The van der Waals surface area contributed by atoms with Crippen molar-refractivity contribution < 1.29 is 25.5 Å². The molecule has 0 heterocycles. The maximum absolute atomic E-state index is 9.24. The van der Waals surface area contributed by atoms with Crippen molar-refractivity contribution in [2.45, 2.75) is 69.4 Å². The lowest BCUT2D eigenvalue weighted by Gasteiger charge is -2.34. The fraction of sp³-hybridized carbons (Fsp3) is 1.00. The van der Waals surface area contributed by atoms with Crippen LogP contribution in [-0.2, 0) is 0 Å². The molecule has 0 radical (unpaired) electrons. The summed E-state index contributed by atoms with van der Waals surface area (Å²) in [7, 11) is 0. The molecule has 4 atom stereocenters. The third kappa shape index (κ3) is 4.82. The van der Waals surface area contributed by atoms with Gasteiger partial charge in [-0.1, -0.05) is 19.3 Å². The zero-order valence-corrected chi connectivity index (χ0v) is 10.8. The Balaban J connectivity index is 0.000000199. The van der Waals surface area contributed by atoms with Gasteiger partial charge in [-0.25, -0.2) is 0 Å². The second kappa shape index (κ2) is 8.07. The maximum atomic E-state index is 9.24. The lowest BCUT2D eigenvalue weighted by Crippen LogP contribution is -2.46. The van der Waals surface area contributed by atoms with E-state index in [4.69, 9.17) is 15.3 Å². The second-order valence-corrected chi connectivity index (χ2v) is 5.34. The van der Waals surface area contributed by atoms with Crippen molar-refractivity contribution in [2.24, 2.45) is 5.92 Å². The van der Waals surface area contributed by atoms with Crippen molar-refractivity contribution in [2.75, 3.05) is 6.61 Å². The minimum atomic E-state index is -0.983. The van der Waals surface area contributed by atoms with Crippen LogP contribution in [0.3, 0.4) is 0 Å². The summed E-state index contributed by atoms with van der Waals surface area (Å²) in [5.74, 6) is -0.584. The number of aliphatic hydroxyl groups is 5. The maximum Gasteiger partial charge on any atom is 0.0873 e. The van der Waals surface area contributed by atoms with Crippen LogP contribution in [0.4, 0.5) is 0 Å². The Hall–Kier alpha value is -0.200. The first-order valence-corrected chi connectivity index (χ1v) is 6.89. The fourth-order valence-corrected chi connectivity index (χ4v) is 2.55. The Morgan fingerprint density at radius 2 is 1.28 bits per heavy atom. The largest absolute Gasteiger partial charge is 0.396 e. The second-order valence-electron chi connectivity index (χ2n) is 5.34. The van der Waals surface area contributed by atoms with Crippen LogP contribution in [-0.4, -0.2) is 56.6 Å². The molecule has 18 heavy (non-hydrogen) atoms. The van der Waals surface area contributed by atoms with Gasteiger partial charge in [0.05, 0.1) is 31.0 Å². The molecule has 0 aromatic carbocycles. The fourth-order valence-electron chi connectivity index (χ4n) is 2.55. The molecular formula is C13H26O5. The summed E-state index contributed by atoms with van der Waals surface area (Å²) in [6, 6.07) is 0. The van der Waals surface area contributed by atoms with Gasteiger partial charge in [0.15, 0.2) is 0 Å². The Labute approximate surface area is 108 Å². The molecule has 5 heteroatoms. The van der Waals surface area contributed by atoms with E-state index in [2.05, 4.69) is 0 Å². The molecule has 108 valence electrons. The summed E-state index contributed by atoms with van der Waals surface area (Å²) in [5, 5.41) is 45.2. The summed E-state index contributed by atoms with van der Waals surface area (Å²) in [6.45, 7) is -0.278. The molecule has 5 N–H and O–H groups in total. The molecule has 0 aromatic heterocycles. The van der Waals surface area contributed by atoms with Crippen LogP contribution in [0, 0.1) is 5.92 Å². The van der Waals surface area contributed by atoms with Crippen LogP contribution in [0.2, 0.25) is 0 Å². The van der Waals surface area contributed by atoms with Gasteiger partial charge in [0.2, 0.25) is 0 Å². The number of hydrogen-bond donors (Lipinski definition) is 5. The number of hydrogen-bond acceptors (Lipinski definition) is 5. The number of aliphatic hydroxyl groups excluding tert-OH is 5. The summed E-state index contributed by atoms with van der Waals surface area (Å²) in [5.41, 5.74) is 0. The molecule has 0 amide bonds. The van der Waals surface area contributed by atoms with Crippen molar-refractivity contribution in [1.29, 1.82) is 0 Å². The third-order valence-electron chi connectivity index (χ3n) is 3.87. The predicted octanol–water partition coefficient (Wildman–Crippen LogP) is -0.217. The predicted molar refractivity (Wildman–Crippen MR) is 66.9 cm³/mol. The molecule has 5 nitrogen and oxygen atoms in total. The van der Waals surface area contributed by atoms with Gasteiger partial charge in [-0.3, -0.25) is 0 Å². The van der Waals surface area contributed by atoms with Gasteiger partial charge in [-0.15, -0.1) is 0 Å². The standard InChI is InChI=1S/C7H14O4.C6H12O/c8-3-4-5(9)1-2-6(10)7(4)11;7-6-4-2-1-3-5-6/h4-11H,1-3H2;6-7H,1-5H2. The van der Waals surface area contributed by atoms with Gasteiger partial charge in [0.1, 0.15) is 0 Å². The zero-order valence-electron chi connectivity index (χ0n) is 10.8. The lowest BCUT2D eigenvalue weighted by molar-refractivity contribution is -0.108. The van der Waals surface area contributed by atoms with E-state index in [9.17, 15) is 10.2 Å². The van der Waals surface area contributed by atoms with Gasteiger partial charge in [0.25, 0.3) is 0 Å². The topological polar surface area (TPSA) is 101 Å². The van der Waals surface area contributed by atoms with Crippen LogP contribution in [0.5, 0.6) is 0 Å². The van der Waals surface area contributed by atoms with Gasteiger partial charge < -0.3 is 25.5 Å². The first kappa shape index (κ1) is 15.9. The quantitative estimate of drug-likeness (QED) is 0.450. The Morgan fingerprint density at radius 1 is 0.722 bits per heavy atom. The molecule has 2 fully saturated rings. The van der Waals surface area contributed by atoms with E-state index < -0.39 is 24.2 Å². The minimum Gasteiger partial charge on any atom is -0.396 e. The van der Waals surface area contributed by atoms with Crippen molar-refractivity contribution >= 4 is 0 Å². The van der Waals surface area contributed by atoms with Crippen LogP contribution < -0.4 is 0 Å². The summed E-state index contributed by atoms with van der Waals surface area (Å²) >= 11 is 0. The van der Waals surface area contributed by atoms with Crippen molar-refractivity contribution in [3.05, 3.63) is 0 Å². The van der Waals surface area contributed by atoms with Gasteiger partial charge in [-0.2, -0.15) is 0 Å². The molecule has 0 bridgehead atoms. The molecule has 2 saturated carbocycles. The highest BCUT2D eigenvalue weighted by Crippen LogP contribution is 2.24. The summed E-state index contributed by atoms with van der Waals surface area (Å²) in [4.78, 5) is 0. The van der Waals surface area contributed by atoms with Gasteiger partial charge in [-0.05, 0) is 25.7 Å². The summed E-state index contributed by atoms with van der Waals surface area (Å²) < 4.78 is 0. The van der Waals surface area contributed by atoms with Crippen molar-refractivity contribution in [1.82, 2.24) is 0 Å². The first-order valence-electron chi connectivity index (χ1n) is 6.89. The zero-order chi connectivity index (χ0) is 13.5. The van der Waals surface area contributed by atoms with Crippen LogP contribution in [0.15, 0.2) is 0 Å². The van der Waals surface area contributed by atoms with E-state index in [1.165, 1.54) is 19.3 Å². The van der Waals surface area contributed by atoms with E-state index in [0.717, 1.165) is 12.8 Å². The van der Waals surface area contributed by atoms with Crippen molar-refractivity contribution in [3.63, 3.8) is 0 Å². The molecule has 0 spiro atoms. The lowest BCUT2D eigenvalue weighted by atomic mass is 9.83. The average molecular weight is 262 g/mol. The summed E-state index contributed by atoms with van der Waals surface area (Å²) in [6.07, 6.45) is 4.31. The molecule has 0 aromatic rings. The Kier molecular flexibility index (Phi) is 7.11. The highest BCUT2D eigenvalue weighted by Gasteiger charge is 2.35. The third-order valence-corrected chi connectivity index (χ3v) is 3.87. The molecule has 0 aliphatic heterocycles. The molecule has 2 rings (SSSR count). The Morgan fingerprint density at radius 3 is 1.67 bits per heavy atom. The van der Waals surface area contributed by atoms with Crippen LogP contribution in [0.1, 0.15) is 44.9 Å². The normalized spacial score (nSPS) is 37.8. The van der Waals surface area contributed by atoms with Crippen LogP contribution in [0.25, 0.3) is 0 Å². The molecule has 2 aliphatic rings. The van der Waals surface area contributed by atoms with Gasteiger partial charge in [0, 0.05) is 5.92 Å². The van der Waals surface area contributed by atoms with E-state index in [0.29, 0.717) is 12.8 Å². The molecule has 4 unspecified atom stereocenters. The van der Waals surface area contributed by atoms with Gasteiger partial charge >= 0.3 is 0 Å². The first-order chi connectivity index (χ1) is 8.56. The van der Waals surface area contributed by atoms with E-state index in [1.54, 1.807) is 0 Å². The van der Waals surface area contributed by atoms with E-state index in [-0.39, 0.29) is 12.7 Å². The molecule has 2 aliphatic carbocycles. The van der Waals surface area contributed by atoms with Crippen molar-refractivity contribution in [3.8, 4) is 0 Å². The van der Waals surface area contributed by atoms with E-state index in [1.807, 2.05) is 0 Å².